The Bertz CT molecular complexity index is 1310. The molecule has 2 heterocycles. The molecule has 1 aliphatic heterocycles. The molecule has 1 amide bonds. The van der Waals surface area contributed by atoms with Crippen LogP contribution < -0.4 is 5.32 Å². The second-order valence-electron chi connectivity index (χ2n) is 7.83. The van der Waals surface area contributed by atoms with Gasteiger partial charge in [-0.3, -0.25) is 9.59 Å². The molecule has 1 aliphatic rings. The molecule has 2 unspecified atom stereocenters. The smallest absolute Gasteiger partial charge is 0.237 e. The molecule has 32 heavy (non-hydrogen) atoms. The molecular weight excluding hydrogens is 402 g/mol. The van der Waals surface area contributed by atoms with E-state index in [1.807, 2.05) is 67.6 Å². The second-order valence-corrected chi connectivity index (χ2v) is 7.83. The van der Waals surface area contributed by atoms with Gasteiger partial charge in [-0.1, -0.05) is 60.7 Å². The molecule has 5 rings (SSSR count). The van der Waals surface area contributed by atoms with E-state index in [1.54, 1.807) is 22.9 Å². The maximum absolute atomic E-state index is 13.6. The number of amides is 1. The molecule has 0 saturated heterocycles. The predicted octanol–water partition coefficient (Wildman–Crippen LogP) is 4.47. The summed E-state index contributed by atoms with van der Waals surface area (Å²) >= 11 is 0. The van der Waals surface area contributed by atoms with E-state index in [0.717, 1.165) is 22.5 Å². The zero-order valence-electron chi connectivity index (χ0n) is 17.4. The van der Waals surface area contributed by atoms with E-state index < -0.39 is 23.5 Å². The molecule has 0 aliphatic carbocycles. The van der Waals surface area contributed by atoms with Crippen molar-refractivity contribution in [2.75, 3.05) is 5.32 Å². The fourth-order valence-electron chi connectivity index (χ4n) is 4.44. The summed E-state index contributed by atoms with van der Waals surface area (Å²) in [7, 11) is 0. The van der Waals surface area contributed by atoms with Gasteiger partial charge in [-0.25, -0.2) is 4.68 Å². The molecule has 1 aromatic heterocycles. The van der Waals surface area contributed by atoms with E-state index in [2.05, 4.69) is 5.32 Å². The molecule has 6 heteroatoms. The van der Waals surface area contributed by atoms with Crippen molar-refractivity contribution >= 4 is 17.5 Å². The number of aromatic hydroxyl groups is 1. The first-order valence-electron chi connectivity index (χ1n) is 10.4. The third-order valence-corrected chi connectivity index (χ3v) is 5.89. The number of hydrogen-bond acceptors (Lipinski definition) is 4. The maximum Gasteiger partial charge on any atom is 0.237 e. The summed E-state index contributed by atoms with van der Waals surface area (Å²) in [5, 5.41) is 17.9. The number of hydrogen-bond donors (Lipinski definition) is 2. The van der Waals surface area contributed by atoms with E-state index in [9.17, 15) is 14.7 Å². The first-order valence-corrected chi connectivity index (χ1v) is 10.4. The number of para-hydroxylation sites is 2. The van der Waals surface area contributed by atoms with Crippen molar-refractivity contribution in [2.24, 2.45) is 5.92 Å². The number of nitrogens with zero attached hydrogens (tertiary/aromatic N) is 2. The van der Waals surface area contributed by atoms with E-state index in [4.69, 9.17) is 5.10 Å². The van der Waals surface area contributed by atoms with E-state index in [1.165, 1.54) is 6.07 Å². The lowest BCUT2D eigenvalue weighted by Crippen LogP contribution is -2.40. The number of carbonyl (C=O) groups excluding carboxylic acids is 2. The zero-order chi connectivity index (χ0) is 22.2. The van der Waals surface area contributed by atoms with Crippen LogP contribution in [0.15, 0.2) is 84.9 Å². The predicted molar refractivity (Wildman–Crippen MR) is 121 cm³/mol. The minimum Gasteiger partial charge on any atom is -0.507 e. The van der Waals surface area contributed by atoms with Crippen LogP contribution in [0.25, 0.3) is 5.69 Å². The lowest BCUT2D eigenvalue weighted by molar-refractivity contribution is -0.119. The van der Waals surface area contributed by atoms with Gasteiger partial charge in [0, 0.05) is 11.5 Å². The van der Waals surface area contributed by atoms with Gasteiger partial charge >= 0.3 is 0 Å². The summed E-state index contributed by atoms with van der Waals surface area (Å²) in [4.78, 5) is 27.0. The highest BCUT2D eigenvalue weighted by molar-refractivity contribution is 6.17. The molecule has 3 aromatic carbocycles. The lowest BCUT2D eigenvalue weighted by Gasteiger charge is -2.31. The van der Waals surface area contributed by atoms with Gasteiger partial charge in [0.15, 0.2) is 5.78 Å². The summed E-state index contributed by atoms with van der Waals surface area (Å²) in [5.74, 6) is -1.99. The number of fused-ring (bicyclic) bond motifs is 1. The molecule has 0 radical (unpaired) electrons. The van der Waals surface area contributed by atoms with Gasteiger partial charge in [0.25, 0.3) is 0 Å². The van der Waals surface area contributed by atoms with E-state index >= 15 is 0 Å². The van der Waals surface area contributed by atoms with Gasteiger partial charge < -0.3 is 10.4 Å². The Morgan fingerprint density at radius 3 is 2.25 bits per heavy atom. The molecule has 2 atom stereocenters. The van der Waals surface area contributed by atoms with Gasteiger partial charge in [0.05, 0.1) is 16.9 Å². The largest absolute Gasteiger partial charge is 0.507 e. The normalized spacial score (nSPS) is 17.5. The quantitative estimate of drug-likeness (QED) is 0.375. The number of ketones is 1. The highest BCUT2D eigenvalue weighted by atomic mass is 16.3. The third-order valence-electron chi connectivity index (χ3n) is 5.89. The number of phenolic OH excluding ortho intramolecular Hbond substituents is 1. The average molecular weight is 423 g/mol. The summed E-state index contributed by atoms with van der Waals surface area (Å²) < 4.78 is 1.71. The Hall–Kier alpha value is -4.19. The number of anilines is 1. The lowest BCUT2D eigenvalue weighted by atomic mass is 9.74. The Morgan fingerprint density at radius 2 is 1.56 bits per heavy atom. The minimum atomic E-state index is -1.04. The van der Waals surface area contributed by atoms with Crippen molar-refractivity contribution in [2.45, 2.75) is 12.8 Å². The molecule has 0 bridgehead atoms. The molecule has 0 saturated carbocycles. The van der Waals surface area contributed by atoms with E-state index in [0.29, 0.717) is 5.82 Å². The highest BCUT2D eigenvalue weighted by Gasteiger charge is 2.45. The number of phenols is 1. The molecule has 0 fully saturated rings. The first kappa shape index (κ1) is 19.8. The van der Waals surface area contributed by atoms with Crippen LogP contribution in [0.3, 0.4) is 0 Å². The van der Waals surface area contributed by atoms with Gasteiger partial charge in [-0.15, -0.1) is 0 Å². The Balaban J connectivity index is 1.72. The minimum absolute atomic E-state index is 0.130. The monoisotopic (exact) mass is 423 g/mol. The van der Waals surface area contributed by atoms with Crippen LogP contribution in [0.4, 0.5) is 5.82 Å². The van der Waals surface area contributed by atoms with E-state index in [-0.39, 0.29) is 11.3 Å². The molecule has 2 N–H and O–H groups in total. The van der Waals surface area contributed by atoms with Crippen LogP contribution in [0.1, 0.15) is 33.1 Å². The standard InChI is InChI=1S/C26H21N3O3/c1-16-21-22(17-10-4-2-5-11-17)23(24(31)19-14-8-9-15-20(19)30)26(32)27-25(21)29(28-16)18-12-6-3-7-13-18/h2-15,22-23,30H,1H3,(H,27,32). The first-order chi connectivity index (χ1) is 15.6. The fourth-order valence-corrected chi connectivity index (χ4v) is 4.44. The summed E-state index contributed by atoms with van der Waals surface area (Å²) in [6.45, 7) is 1.88. The molecular formula is C26H21N3O3. The van der Waals surface area contributed by atoms with Crippen LogP contribution in [-0.4, -0.2) is 26.6 Å². The number of Topliss-reactive ketones (excluding diaryl/α,β-unsaturated/α-hetero) is 1. The summed E-state index contributed by atoms with van der Waals surface area (Å²) in [5.41, 5.74) is 3.31. The van der Waals surface area contributed by atoms with Crippen molar-refractivity contribution in [3.63, 3.8) is 0 Å². The number of aryl methyl sites for hydroxylation is 1. The molecule has 4 aromatic rings. The Labute approximate surface area is 185 Å². The van der Waals surface area contributed by atoms with Crippen molar-refractivity contribution < 1.29 is 14.7 Å². The van der Waals surface area contributed by atoms with Crippen molar-refractivity contribution in [1.82, 2.24) is 9.78 Å². The van der Waals surface area contributed by atoms with Crippen LogP contribution in [0.2, 0.25) is 0 Å². The Kier molecular flexibility index (Phi) is 4.82. The maximum atomic E-state index is 13.6. The summed E-state index contributed by atoms with van der Waals surface area (Å²) in [6.07, 6.45) is 0. The van der Waals surface area contributed by atoms with Crippen LogP contribution in [-0.2, 0) is 4.79 Å². The van der Waals surface area contributed by atoms with Crippen molar-refractivity contribution in [1.29, 1.82) is 0 Å². The number of nitrogens with one attached hydrogen (secondary N) is 1. The zero-order valence-corrected chi connectivity index (χ0v) is 17.4. The third kappa shape index (κ3) is 3.17. The fraction of sp³-hybridized carbons (Fsp3) is 0.115. The summed E-state index contributed by atoms with van der Waals surface area (Å²) in [6, 6.07) is 25.4. The van der Waals surface area contributed by atoms with Crippen LogP contribution in [0, 0.1) is 12.8 Å². The van der Waals surface area contributed by atoms with Gasteiger partial charge in [-0.05, 0) is 36.8 Å². The van der Waals surface area contributed by atoms with Crippen molar-refractivity contribution in [3.8, 4) is 11.4 Å². The number of rotatable bonds is 4. The SMILES string of the molecule is Cc1nn(-c2ccccc2)c2c1C(c1ccccc1)C(C(=O)c1ccccc1O)C(=O)N2. The van der Waals surface area contributed by atoms with Gasteiger partial charge in [0.2, 0.25) is 5.91 Å². The number of aromatic nitrogens is 2. The van der Waals surface area contributed by atoms with Crippen LogP contribution >= 0.6 is 0 Å². The Morgan fingerprint density at radius 1 is 0.938 bits per heavy atom. The molecule has 6 nitrogen and oxygen atoms in total. The van der Waals surface area contributed by atoms with Gasteiger partial charge in [-0.2, -0.15) is 5.10 Å². The second kappa shape index (κ2) is 7.81. The van der Waals surface area contributed by atoms with Gasteiger partial charge in [0.1, 0.15) is 17.5 Å². The van der Waals surface area contributed by atoms with Crippen LogP contribution in [0.5, 0.6) is 5.75 Å². The number of benzene rings is 3. The van der Waals surface area contributed by atoms with Crippen molar-refractivity contribution in [3.05, 3.63) is 107 Å². The average Bonchev–Trinajstić information content (AvgIpc) is 3.15. The molecule has 0 spiro atoms. The topological polar surface area (TPSA) is 84.2 Å². The number of carbonyl (C=O) groups is 2. The molecule has 158 valence electrons. The highest BCUT2D eigenvalue weighted by Crippen LogP contribution is 2.44.